The summed E-state index contributed by atoms with van der Waals surface area (Å²) in [6.07, 6.45) is -3.10. The Bertz CT molecular complexity index is 452. The predicted octanol–water partition coefficient (Wildman–Crippen LogP) is -0.275. The number of aliphatic hydroxyl groups excluding tert-OH is 4. The smallest absolute Gasteiger partial charge is 0.205 e. The monoisotopic (exact) mass is 330 g/mol. The number of allylic oxidation sites excluding steroid dienone is 1. The van der Waals surface area contributed by atoms with Crippen LogP contribution < -0.4 is 0 Å². The first-order chi connectivity index (χ1) is 10.9. The highest BCUT2D eigenvalue weighted by Gasteiger charge is 2.49. The van der Waals surface area contributed by atoms with Crippen molar-refractivity contribution in [2.75, 3.05) is 6.61 Å². The van der Waals surface area contributed by atoms with Gasteiger partial charge in [0, 0.05) is 5.92 Å². The molecule has 4 N–H and O–H groups in total. The summed E-state index contributed by atoms with van der Waals surface area (Å²) in [5.74, 6) is 0.958. The molecule has 0 bridgehead atoms. The zero-order chi connectivity index (χ0) is 16.7. The highest BCUT2D eigenvalue weighted by molar-refractivity contribution is 5.10. The van der Waals surface area contributed by atoms with Crippen LogP contribution in [0.5, 0.6) is 0 Å². The Morgan fingerprint density at radius 3 is 2.57 bits per heavy atom. The minimum Gasteiger partial charge on any atom is -0.472 e. The van der Waals surface area contributed by atoms with Crippen LogP contribution in [0.25, 0.3) is 0 Å². The minimum atomic E-state index is -1.44. The van der Waals surface area contributed by atoms with E-state index >= 15 is 0 Å². The van der Waals surface area contributed by atoms with Crippen molar-refractivity contribution in [1.29, 1.82) is 0 Å². The molecular formula is C16H26O7. The maximum Gasteiger partial charge on any atom is 0.205 e. The van der Waals surface area contributed by atoms with Crippen LogP contribution >= 0.6 is 0 Å². The predicted molar refractivity (Wildman–Crippen MR) is 78.9 cm³/mol. The van der Waals surface area contributed by atoms with Crippen LogP contribution in [0.4, 0.5) is 0 Å². The third-order valence-corrected chi connectivity index (χ3v) is 5.46. The maximum absolute atomic E-state index is 10.1. The Labute approximate surface area is 135 Å². The number of ether oxygens (including phenoxy) is 3. The molecule has 0 aromatic heterocycles. The molecule has 3 rings (SSSR count). The summed E-state index contributed by atoms with van der Waals surface area (Å²) in [6.45, 7) is 3.72. The van der Waals surface area contributed by atoms with Crippen molar-refractivity contribution < 1.29 is 34.6 Å². The van der Waals surface area contributed by atoms with Gasteiger partial charge in [0.15, 0.2) is 6.29 Å². The molecule has 1 aliphatic carbocycles. The van der Waals surface area contributed by atoms with Gasteiger partial charge in [-0.25, -0.2) is 0 Å². The minimum absolute atomic E-state index is 0.160. The summed E-state index contributed by atoms with van der Waals surface area (Å²) < 4.78 is 16.9. The summed E-state index contributed by atoms with van der Waals surface area (Å²) in [5, 5.41) is 39.0. The standard InChI is InChI=1S/C16H26O7/c1-7-3-4-9-8(2)6-21-15(11(7)9)23-16-14(20)13(19)12(18)10(5-17)22-16/h6-7,9-20H,3-5H2,1-2H3/t7-,9-,10?,11-,12?,13?,14?,15+,16?/m1/s1. The zero-order valence-corrected chi connectivity index (χ0v) is 13.4. The van der Waals surface area contributed by atoms with Crippen molar-refractivity contribution in [2.24, 2.45) is 17.8 Å². The number of fused-ring (bicyclic) bond motifs is 1. The van der Waals surface area contributed by atoms with E-state index in [2.05, 4.69) is 6.92 Å². The van der Waals surface area contributed by atoms with E-state index in [0.29, 0.717) is 11.8 Å². The Morgan fingerprint density at radius 2 is 1.87 bits per heavy atom. The van der Waals surface area contributed by atoms with E-state index in [0.717, 1.165) is 12.8 Å². The average Bonchev–Trinajstić information content (AvgIpc) is 2.93. The Morgan fingerprint density at radius 1 is 1.13 bits per heavy atom. The number of rotatable bonds is 3. The molecule has 1 saturated carbocycles. The number of hydrogen-bond acceptors (Lipinski definition) is 7. The van der Waals surface area contributed by atoms with Gasteiger partial charge in [0.2, 0.25) is 6.29 Å². The van der Waals surface area contributed by atoms with Gasteiger partial charge in [-0.2, -0.15) is 0 Å². The first-order valence-electron chi connectivity index (χ1n) is 8.22. The van der Waals surface area contributed by atoms with Gasteiger partial charge in [0.1, 0.15) is 24.4 Å². The number of hydrogen-bond donors (Lipinski definition) is 4. The second-order valence-electron chi connectivity index (χ2n) is 6.94. The van der Waals surface area contributed by atoms with E-state index in [1.54, 1.807) is 6.26 Å². The number of aliphatic hydroxyl groups is 4. The van der Waals surface area contributed by atoms with E-state index in [-0.39, 0.29) is 5.92 Å². The van der Waals surface area contributed by atoms with Gasteiger partial charge < -0.3 is 34.6 Å². The Kier molecular flexibility index (Phi) is 4.96. The van der Waals surface area contributed by atoms with Crippen molar-refractivity contribution in [3.63, 3.8) is 0 Å². The molecule has 23 heavy (non-hydrogen) atoms. The van der Waals surface area contributed by atoms with E-state index in [4.69, 9.17) is 14.2 Å². The molecule has 0 aromatic carbocycles. The molecule has 9 atom stereocenters. The van der Waals surface area contributed by atoms with Gasteiger partial charge in [-0.05, 0) is 37.2 Å². The highest BCUT2D eigenvalue weighted by Crippen LogP contribution is 2.46. The summed E-state index contributed by atoms with van der Waals surface area (Å²) >= 11 is 0. The molecular weight excluding hydrogens is 304 g/mol. The van der Waals surface area contributed by atoms with Gasteiger partial charge in [-0.15, -0.1) is 0 Å². The molecule has 2 fully saturated rings. The fourth-order valence-electron chi connectivity index (χ4n) is 4.00. The van der Waals surface area contributed by atoms with Gasteiger partial charge in [-0.3, -0.25) is 0 Å². The van der Waals surface area contributed by atoms with Crippen LogP contribution in [0.3, 0.4) is 0 Å². The summed E-state index contributed by atoms with van der Waals surface area (Å²) in [7, 11) is 0. The molecule has 3 aliphatic rings. The van der Waals surface area contributed by atoms with E-state index in [1.165, 1.54) is 5.57 Å². The quantitative estimate of drug-likeness (QED) is 0.564. The molecule has 132 valence electrons. The third kappa shape index (κ3) is 3.01. The summed E-state index contributed by atoms with van der Waals surface area (Å²) in [4.78, 5) is 0. The van der Waals surface area contributed by atoms with Crippen LogP contribution in [0.1, 0.15) is 26.7 Å². The molecule has 7 nitrogen and oxygen atoms in total. The second kappa shape index (κ2) is 6.66. The molecule has 0 amide bonds. The lowest BCUT2D eigenvalue weighted by Crippen LogP contribution is -2.60. The fraction of sp³-hybridized carbons (Fsp3) is 0.875. The lowest BCUT2D eigenvalue weighted by molar-refractivity contribution is -0.342. The lowest BCUT2D eigenvalue weighted by atomic mass is 9.84. The van der Waals surface area contributed by atoms with Crippen LogP contribution in [-0.2, 0) is 14.2 Å². The van der Waals surface area contributed by atoms with E-state index in [9.17, 15) is 20.4 Å². The molecule has 0 spiro atoms. The van der Waals surface area contributed by atoms with E-state index in [1.807, 2.05) is 6.92 Å². The molecule has 0 aromatic rings. The largest absolute Gasteiger partial charge is 0.472 e. The average molecular weight is 330 g/mol. The Balaban J connectivity index is 1.73. The normalized spacial score (nSPS) is 50.2. The highest BCUT2D eigenvalue weighted by atomic mass is 16.8. The third-order valence-electron chi connectivity index (χ3n) is 5.46. The summed E-state index contributed by atoms with van der Waals surface area (Å²) in [6, 6.07) is 0. The molecule has 5 unspecified atom stereocenters. The van der Waals surface area contributed by atoms with Crippen LogP contribution in [0, 0.1) is 17.8 Å². The van der Waals surface area contributed by atoms with Crippen LogP contribution in [0.2, 0.25) is 0 Å². The molecule has 2 heterocycles. The van der Waals surface area contributed by atoms with Crippen molar-refractivity contribution in [3.05, 3.63) is 11.8 Å². The maximum atomic E-state index is 10.1. The topological polar surface area (TPSA) is 109 Å². The van der Waals surface area contributed by atoms with Gasteiger partial charge in [-0.1, -0.05) is 6.92 Å². The second-order valence-corrected chi connectivity index (χ2v) is 6.94. The lowest BCUT2D eigenvalue weighted by Gasteiger charge is -2.43. The molecule has 1 saturated heterocycles. The van der Waals surface area contributed by atoms with Crippen LogP contribution in [-0.4, -0.2) is 64.0 Å². The fourth-order valence-corrected chi connectivity index (χ4v) is 4.00. The summed E-state index contributed by atoms with van der Waals surface area (Å²) in [5.41, 5.74) is 1.19. The van der Waals surface area contributed by atoms with Gasteiger partial charge in [0.25, 0.3) is 0 Å². The molecule has 7 heteroatoms. The van der Waals surface area contributed by atoms with Gasteiger partial charge >= 0.3 is 0 Å². The first kappa shape index (κ1) is 17.1. The molecule has 2 aliphatic heterocycles. The Hall–Kier alpha value is -0.700. The van der Waals surface area contributed by atoms with E-state index < -0.39 is 43.6 Å². The van der Waals surface area contributed by atoms with Crippen molar-refractivity contribution in [1.82, 2.24) is 0 Å². The van der Waals surface area contributed by atoms with Crippen molar-refractivity contribution in [3.8, 4) is 0 Å². The van der Waals surface area contributed by atoms with Crippen LogP contribution in [0.15, 0.2) is 11.8 Å². The van der Waals surface area contributed by atoms with Gasteiger partial charge in [0.05, 0.1) is 12.9 Å². The van der Waals surface area contributed by atoms with Crippen molar-refractivity contribution in [2.45, 2.75) is 63.7 Å². The zero-order valence-electron chi connectivity index (χ0n) is 13.4. The van der Waals surface area contributed by atoms with Crippen molar-refractivity contribution >= 4 is 0 Å². The molecule has 0 radical (unpaired) electrons. The SMILES string of the molecule is CC1=CO[C@@H](OC2OC(CO)C(O)C(O)C2O)[C@@H]2[C@H](C)CC[C@H]12. The first-order valence-corrected chi connectivity index (χ1v) is 8.22.